The molecule has 2 aromatic heterocycles. The Labute approximate surface area is 218 Å². The number of anilines is 2. The number of nitrogens with two attached hydrogens (primary N) is 1. The third kappa shape index (κ3) is 5.35. The molecular formula is C27H30F3N5O3. The lowest BCUT2D eigenvalue weighted by atomic mass is 9.92. The summed E-state index contributed by atoms with van der Waals surface area (Å²) >= 11 is 0. The molecule has 1 aromatic carbocycles. The van der Waals surface area contributed by atoms with Crippen LogP contribution in [-0.2, 0) is 10.3 Å². The van der Waals surface area contributed by atoms with E-state index in [1.54, 1.807) is 26.1 Å². The van der Waals surface area contributed by atoms with Gasteiger partial charge in [-0.3, -0.25) is 9.78 Å². The van der Waals surface area contributed by atoms with Crippen molar-refractivity contribution >= 4 is 17.3 Å². The number of aliphatic hydroxyl groups excluding tert-OH is 1. The van der Waals surface area contributed by atoms with E-state index in [1.165, 1.54) is 13.3 Å². The predicted octanol–water partition coefficient (Wildman–Crippen LogP) is 3.84. The Morgan fingerprint density at radius 2 is 1.84 bits per heavy atom. The highest BCUT2D eigenvalue weighted by molar-refractivity contribution is 6.04. The summed E-state index contributed by atoms with van der Waals surface area (Å²) in [5.41, 5.74) is 4.70. The molecule has 1 fully saturated rings. The number of aliphatic hydroxyl groups is 1. The Kier molecular flexibility index (Phi) is 7.73. The van der Waals surface area contributed by atoms with Gasteiger partial charge in [-0.15, -0.1) is 0 Å². The van der Waals surface area contributed by atoms with E-state index in [0.29, 0.717) is 24.5 Å². The first-order valence-electron chi connectivity index (χ1n) is 12.1. The second-order valence-electron chi connectivity index (χ2n) is 9.94. The van der Waals surface area contributed by atoms with E-state index in [0.717, 1.165) is 24.3 Å². The number of pyridine rings is 2. The third-order valence-electron chi connectivity index (χ3n) is 6.91. The van der Waals surface area contributed by atoms with Crippen molar-refractivity contribution in [3.8, 4) is 11.3 Å². The van der Waals surface area contributed by atoms with Gasteiger partial charge in [0, 0.05) is 38.4 Å². The lowest BCUT2D eigenvalue weighted by Gasteiger charge is -2.40. The van der Waals surface area contributed by atoms with E-state index in [2.05, 4.69) is 15.3 Å². The van der Waals surface area contributed by atoms with Gasteiger partial charge in [-0.2, -0.15) is 0 Å². The van der Waals surface area contributed by atoms with Crippen molar-refractivity contribution in [2.75, 3.05) is 30.4 Å². The fourth-order valence-corrected chi connectivity index (χ4v) is 4.47. The maximum absolute atomic E-state index is 15.0. The number of halogens is 3. The molecule has 0 saturated carbocycles. The summed E-state index contributed by atoms with van der Waals surface area (Å²) in [5.74, 6) is -3.91. The van der Waals surface area contributed by atoms with Crippen molar-refractivity contribution in [2.45, 2.75) is 38.5 Å². The monoisotopic (exact) mass is 529 g/mol. The lowest BCUT2D eigenvalue weighted by Crippen LogP contribution is -2.55. The van der Waals surface area contributed by atoms with Gasteiger partial charge in [0.2, 0.25) is 0 Å². The van der Waals surface area contributed by atoms with Crippen molar-refractivity contribution in [2.24, 2.45) is 11.7 Å². The molecule has 0 spiro atoms. The van der Waals surface area contributed by atoms with Gasteiger partial charge >= 0.3 is 0 Å². The summed E-state index contributed by atoms with van der Waals surface area (Å²) in [4.78, 5) is 23.1. The number of piperidine rings is 1. The van der Waals surface area contributed by atoms with Crippen LogP contribution >= 0.6 is 0 Å². The highest BCUT2D eigenvalue weighted by Gasteiger charge is 2.32. The number of ether oxygens (including phenoxy) is 1. The minimum absolute atomic E-state index is 0.109. The zero-order chi connectivity index (χ0) is 27.8. The zero-order valence-corrected chi connectivity index (χ0v) is 21.5. The van der Waals surface area contributed by atoms with Crippen molar-refractivity contribution < 1.29 is 27.8 Å². The molecule has 1 aliphatic heterocycles. The number of amides is 1. The Morgan fingerprint density at radius 3 is 2.47 bits per heavy atom. The van der Waals surface area contributed by atoms with Crippen LogP contribution in [0.1, 0.15) is 36.8 Å². The molecule has 1 amide bonds. The Bertz CT molecular complexity index is 1320. The van der Waals surface area contributed by atoms with Gasteiger partial charge in [0.15, 0.2) is 0 Å². The fourth-order valence-electron chi connectivity index (χ4n) is 4.47. The number of benzene rings is 1. The van der Waals surface area contributed by atoms with E-state index in [1.807, 2.05) is 11.8 Å². The average molecular weight is 530 g/mol. The van der Waals surface area contributed by atoms with Gasteiger partial charge in [-0.25, -0.2) is 18.2 Å². The number of methoxy groups -OCH3 is 1. The number of carbonyl (C=O) groups is 1. The summed E-state index contributed by atoms with van der Waals surface area (Å²) in [7, 11) is 1.41. The molecule has 202 valence electrons. The maximum Gasteiger partial charge on any atom is 0.274 e. The molecule has 0 bridgehead atoms. The van der Waals surface area contributed by atoms with E-state index in [9.17, 15) is 14.3 Å². The minimum Gasteiger partial charge on any atom is -0.391 e. The summed E-state index contributed by atoms with van der Waals surface area (Å²) in [5, 5.41) is 12.9. The Morgan fingerprint density at radius 1 is 1.16 bits per heavy atom. The number of aromatic nitrogens is 2. The Hall–Kier alpha value is -3.54. The van der Waals surface area contributed by atoms with Gasteiger partial charge in [-0.05, 0) is 49.7 Å². The Balaban J connectivity index is 1.65. The first-order valence-corrected chi connectivity index (χ1v) is 12.1. The molecule has 38 heavy (non-hydrogen) atoms. The second-order valence-corrected chi connectivity index (χ2v) is 9.94. The number of nitrogens with zero attached hydrogens (tertiary/aromatic N) is 3. The average Bonchev–Trinajstić information content (AvgIpc) is 2.87. The highest BCUT2D eigenvalue weighted by Crippen LogP contribution is 2.33. The molecule has 3 atom stereocenters. The van der Waals surface area contributed by atoms with Crippen LogP contribution in [0.3, 0.4) is 0 Å². The quantitative estimate of drug-likeness (QED) is 0.445. The van der Waals surface area contributed by atoms with Crippen LogP contribution in [0.15, 0.2) is 42.7 Å². The van der Waals surface area contributed by atoms with Crippen LogP contribution in [0.2, 0.25) is 0 Å². The van der Waals surface area contributed by atoms with Crippen molar-refractivity contribution in [1.29, 1.82) is 0 Å². The molecule has 3 heterocycles. The lowest BCUT2D eigenvalue weighted by molar-refractivity contribution is 0.0187. The van der Waals surface area contributed by atoms with Crippen LogP contribution in [-0.4, -0.2) is 53.3 Å². The smallest absolute Gasteiger partial charge is 0.274 e. The largest absolute Gasteiger partial charge is 0.391 e. The van der Waals surface area contributed by atoms with Crippen molar-refractivity contribution in [3.63, 3.8) is 0 Å². The van der Waals surface area contributed by atoms with Gasteiger partial charge in [0.25, 0.3) is 5.91 Å². The summed E-state index contributed by atoms with van der Waals surface area (Å²) in [6.45, 7) is 6.00. The van der Waals surface area contributed by atoms with Crippen LogP contribution in [0.4, 0.5) is 24.5 Å². The van der Waals surface area contributed by atoms with Crippen LogP contribution < -0.4 is 16.0 Å². The number of rotatable bonds is 6. The normalized spacial score (nSPS) is 19.9. The molecule has 0 unspecified atom stereocenters. The molecule has 4 rings (SSSR count). The molecule has 3 aromatic rings. The van der Waals surface area contributed by atoms with E-state index >= 15 is 8.78 Å². The topological polar surface area (TPSA) is 114 Å². The molecule has 0 aliphatic carbocycles. The standard InChI is InChI=1S/C27H30F3N5O3/c1-14-12-35(13-19(31)25(14)36)22-7-8-32-11-21(22)34-26(37)20-6-5-16(28)24(33-20)23-17(29)9-15(10-18(23)30)27(2,3)38-4/h5-11,14,19,25,36H,12-13,31H2,1-4H3,(H,34,37)/t14-,19+,25+/m0/s1. The predicted molar refractivity (Wildman–Crippen MR) is 137 cm³/mol. The van der Waals surface area contributed by atoms with Crippen molar-refractivity contribution in [3.05, 3.63) is 71.4 Å². The molecule has 0 radical (unpaired) electrons. The fraction of sp³-hybridized carbons (Fsp3) is 0.370. The number of carbonyl (C=O) groups excluding carboxylic acids is 1. The van der Waals surface area contributed by atoms with Gasteiger partial charge in [0.05, 0.1) is 34.8 Å². The first kappa shape index (κ1) is 27.5. The summed E-state index contributed by atoms with van der Waals surface area (Å²) in [6, 6.07) is 5.38. The van der Waals surface area contributed by atoms with Crippen molar-refractivity contribution in [1.82, 2.24) is 9.97 Å². The molecule has 11 heteroatoms. The first-order chi connectivity index (χ1) is 17.9. The van der Waals surface area contributed by atoms with Crippen LogP contribution in [0.5, 0.6) is 0 Å². The van der Waals surface area contributed by atoms with Gasteiger partial charge in [-0.1, -0.05) is 6.92 Å². The second kappa shape index (κ2) is 10.7. The summed E-state index contributed by atoms with van der Waals surface area (Å²) < 4.78 is 50.0. The third-order valence-corrected chi connectivity index (χ3v) is 6.91. The minimum atomic E-state index is -1.04. The number of hydrogen-bond donors (Lipinski definition) is 3. The number of nitrogens with one attached hydrogen (secondary N) is 1. The zero-order valence-electron chi connectivity index (χ0n) is 21.5. The van der Waals surface area contributed by atoms with E-state index < -0.39 is 52.4 Å². The maximum atomic E-state index is 15.0. The van der Waals surface area contributed by atoms with Crippen LogP contribution in [0.25, 0.3) is 11.3 Å². The summed E-state index contributed by atoms with van der Waals surface area (Å²) in [6.07, 6.45) is 2.35. The molecule has 4 N–H and O–H groups in total. The molecule has 1 aliphatic rings. The van der Waals surface area contributed by atoms with Crippen LogP contribution in [0, 0.1) is 23.4 Å². The SMILES string of the molecule is COC(C)(C)c1cc(F)c(-c2nc(C(=O)Nc3cnccc3N3C[C@@H](N)[C@H](O)[C@@H](C)C3)ccc2F)c(F)c1. The molecule has 1 saturated heterocycles. The van der Waals surface area contributed by atoms with E-state index in [-0.39, 0.29) is 17.2 Å². The van der Waals surface area contributed by atoms with Gasteiger partial charge in [0.1, 0.15) is 28.8 Å². The van der Waals surface area contributed by atoms with Gasteiger partial charge < -0.3 is 25.8 Å². The molecule has 8 nitrogen and oxygen atoms in total. The highest BCUT2D eigenvalue weighted by atomic mass is 19.1. The molecular weight excluding hydrogens is 499 g/mol. The number of hydrogen-bond acceptors (Lipinski definition) is 7. The van der Waals surface area contributed by atoms with E-state index in [4.69, 9.17) is 10.5 Å².